The first-order valence-electron chi connectivity index (χ1n) is 13.6. The monoisotopic (exact) mass is 538 g/mol. The molecule has 1 aliphatic rings. The Bertz CT molecular complexity index is 1480. The Hall–Kier alpha value is -4.40. The third-order valence-corrected chi connectivity index (χ3v) is 7.36. The van der Waals surface area contributed by atoms with Gasteiger partial charge in [-0.3, -0.25) is 14.9 Å². The SMILES string of the molecule is O=C(C=Cc1ccc(CN(CCOC(=O)NC2CCc3ccccc32)CCc2c[nH]c3ccccc23)cc1)NO. The Kier molecular flexibility index (Phi) is 8.90. The molecule has 0 radical (unpaired) electrons. The summed E-state index contributed by atoms with van der Waals surface area (Å²) in [7, 11) is 0. The average Bonchev–Trinajstić information content (AvgIpc) is 3.59. The lowest BCUT2D eigenvalue weighted by molar-refractivity contribution is -0.124. The van der Waals surface area contributed by atoms with Gasteiger partial charge in [0.15, 0.2) is 0 Å². The van der Waals surface area contributed by atoms with Gasteiger partial charge in [0.1, 0.15) is 6.61 Å². The first kappa shape index (κ1) is 27.2. The van der Waals surface area contributed by atoms with Crippen molar-refractivity contribution in [3.05, 3.63) is 113 Å². The molecule has 4 aromatic rings. The minimum absolute atomic E-state index is 0.00214. The number of carbonyl (C=O) groups is 2. The summed E-state index contributed by atoms with van der Waals surface area (Å²) in [4.78, 5) is 29.5. The molecule has 5 rings (SSSR count). The van der Waals surface area contributed by atoms with E-state index in [4.69, 9.17) is 9.94 Å². The maximum Gasteiger partial charge on any atom is 0.407 e. The highest BCUT2D eigenvalue weighted by molar-refractivity contribution is 5.90. The lowest BCUT2D eigenvalue weighted by atomic mass is 10.1. The molecule has 4 N–H and O–H groups in total. The van der Waals surface area contributed by atoms with Gasteiger partial charge in [-0.25, -0.2) is 10.3 Å². The molecule has 0 fully saturated rings. The van der Waals surface area contributed by atoms with E-state index in [1.54, 1.807) is 11.6 Å². The summed E-state index contributed by atoms with van der Waals surface area (Å²) in [5.41, 5.74) is 8.38. The van der Waals surface area contributed by atoms with Crippen molar-refractivity contribution in [2.45, 2.75) is 31.8 Å². The summed E-state index contributed by atoms with van der Waals surface area (Å²) < 4.78 is 5.61. The lowest BCUT2D eigenvalue weighted by Crippen LogP contribution is -2.33. The molecule has 1 atom stereocenters. The minimum Gasteiger partial charge on any atom is -0.448 e. The number of benzene rings is 3. The van der Waals surface area contributed by atoms with Gasteiger partial charge < -0.3 is 15.0 Å². The van der Waals surface area contributed by atoms with Crippen LogP contribution in [0.25, 0.3) is 17.0 Å². The maximum atomic E-state index is 12.6. The van der Waals surface area contributed by atoms with Crippen LogP contribution in [0.2, 0.25) is 0 Å². The molecular weight excluding hydrogens is 504 g/mol. The number of amides is 2. The Morgan fingerprint density at radius 1 is 1.02 bits per heavy atom. The summed E-state index contributed by atoms with van der Waals surface area (Å²) in [6, 6.07) is 24.4. The number of hydroxylamine groups is 1. The number of aromatic amines is 1. The molecule has 8 nitrogen and oxygen atoms in total. The third kappa shape index (κ3) is 6.97. The second-order valence-corrected chi connectivity index (χ2v) is 10.0. The van der Waals surface area contributed by atoms with Gasteiger partial charge >= 0.3 is 6.09 Å². The van der Waals surface area contributed by atoms with Crippen molar-refractivity contribution in [3.8, 4) is 0 Å². The van der Waals surface area contributed by atoms with Gasteiger partial charge in [0.2, 0.25) is 0 Å². The van der Waals surface area contributed by atoms with E-state index in [1.807, 2.05) is 48.5 Å². The highest BCUT2D eigenvalue weighted by Gasteiger charge is 2.24. The molecular formula is C32H34N4O4. The number of nitrogens with one attached hydrogen (secondary N) is 3. The molecule has 3 aromatic carbocycles. The number of fused-ring (bicyclic) bond motifs is 2. The molecule has 1 aromatic heterocycles. The number of aromatic nitrogens is 1. The first-order valence-corrected chi connectivity index (χ1v) is 13.6. The minimum atomic E-state index is -0.575. The van der Waals surface area contributed by atoms with Gasteiger partial charge in [-0.05, 0) is 59.2 Å². The quantitative estimate of drug-likeness (QED) is 0.120. The van der Waals surface area contributed by atoms with Crippen LogP contribution in [0, 0.1) is 0 Å². The largest absolute Gasteiger partial charge is 0.448 e. The number of carbonyl (C=O) groups excluding carboxylic acids is 2. The highest BCUT2D eigenvalue weighted by Crippen LogP contribution is 2.30. The number of nitrogens with zero attached hydrogens (tertiary/aromatic N) is 1. The van der Waals surface area contributed by atoms with Gasteiger partial charge in [-0.2, -0.15) is 0 Å². The topological polar surface area (TPSA) is 107 Å². The van der Waals surface area contributed by atoms with E-state index in [1.165, 1.54) is 28.2 Å². The van der Waals surface area contributed by atoms with E-state index < -0.39 is 5.91 Å². The van der Waals surface area contributed by atoms with Crippen molar-refractivity contribution in [1.82, 2.24) is 20.7 Å². The van der Waals surface area contributed by atoms with Crippen LogP contribution in [-0.4, -0.2) is 46.8 Å². The Morgan fingerprint density at radius 3 is 2.67 bits per heavy atom. The number of hydrogen-bond acceptors (Lipinski definition) is 5. The second-order valence-electron chi connectivity index (χ2n) is 10.0. The van der Waals surface area contributed by atoms with E-state index in [9.17, 15) is 9.59 Å². The number of aryl methyl sites for hydroxylation is 1. The van der Waals surface area contributed by atoms with Crippen molar-refractivity contribution >= 4 is 29.0 Å². The molecule has 1 heterocycles. The van der Waals surface area contributed by atoms with E-state index in [-0.39, 0.29) is 18.7 Å². The number of ether oxygens (including phenoxy) is 1. The summed E-state index contributed by atoms with van der Waals surface area (Å²) in [5, 5.41) is 12.9. The van der Waals surface area contributed by atoms with Crippen LogP contribution in [0.1, 0.15) is 40.3 Å². The van der Waals surface area contributed by atoms with Gasteiger partial charge in [0.05, 0.1) is 6.04 Å². The fourth-order valence-corrected chi connectivity index (χ4v) is 5.25. The van der Waals surface area contributed by atoms with Crippen molar-refractivity contribution < 1.29 is 19.5 Å². The van der Waals surface area contributed by atoms with Crippen molar-refractivity contribution in [1.29, 1.82) is 0 Å². The van der Waals surface area contributed by atoms with Crippen LogP contribution in [0.3, 0.4) is 0 Å². The Balaban J connectivity index is 1.19. The van der Waals surface area contributed by atoms with E-state index >= 15 is 0 Å². The zero-order chi connectivity index (χ0) is 27.7. The number of para-hydroxylation sites is 1. The van der Waals surface area contributed by atoms with Crippen LogP contribution >= 0.6 is 0 Å². The fraction of sp³-hybridized carbons (Fsp3) is 0.250. The van der Waals surface area contributed by atoms with Crippen LogP contribution < -0.4 is 10.8 Å². The van der Waals surface area contributed by atoms with Crippen molar-refractivity contribution in [2.75, 3.05) is 19.7 Å². The van der Waals surface area contributed by atoms with Crippen LogP contribution in [0.5, 0.6) is 0 Å². The average molecular weight is 539 g/mol. The van der Waals surface area contributed by atoms with Gasteiger partial charge in [-0.15, -0.1) is 0 Å². The lowest BCUT2D eigenvalue weighted by Gasteiger charge is -2.23. The Labute approximate surface area is 233 Å². The number of hydrogen-bond donors (Lipinski definition) is 4. The molecule has 0 spiro atoms. The predicted molar refractivity (Wildman–Crippen MR) is 155 cm³/mol. The molecule has 2 amide bonds. The smallest absolute Gasteiger partial charge is 0.407 e. The summed E-state index contributed by atoms with van der Waals surface area (Å²) >= 11 is 0. The summed E-state index contributed by atoms with van der Waals surface area (Å²) in [6.07, 6.45) is 7.30. The molecule has 0 saturated carbocycles. The molecule has 206 valence electrons. The fourth-order valence-electron chi connectivity index (χ4n) is 5.25. The summed E-state index contributed by atoms with van der Waals surface area (Å²) in [6.45, 7) is 2.35. The molecule has 40 heavy (non-hydrogen) atoms. The molecule has 0 saturated heterocycles. The molecule has 0 bridgehead atoms. The second kappa shape index (κ2) is 13.1. The van der Waals surface area contributed by atoms with E-state index in [2.05, 4.69) is 45.7 Å². The first-order chi connectivity index (χ1) is 19.6. The molecule has 0 aliphatic heterocycles. The third-order valence-electron chi connectivity index (χ3n) is 7.36. The van der Waals surface area contributed by atoms with Crippen LogP contribution in [0.15, 0.2) is 85.1 Å². The zero-order valence-electron chi connectivity index (χ0n) is 22.3. The predicted octanol–water partition coefficient (Wildman–Crippen LogP) is 5.14. The highest BCUT2D eigenvalue weighted by atomic mass is 16.5. The van der Waals surface area contributed by atoms with E-state index in [0.29, 0.717) is 13.1 Å². The number of rotatable bonds is 11. The molecule has 8 heteroatoms. The van der Waals surface area contributed by atoms with Gasteiger partial charge in [0.25, 0.3) is 5.91 Å². The number of H-pyrrole nitrogens is 1. The Morgan fingerprint density at radius 2 is 1.82 bits per heavy atom. The standard InChI is InChI=1S/C32H34N4O4/c37-31(35-39)16-13-23-9-11-24(12-10-23)22-36(18-17-26-21-33-29-8-4-3-7-28(26)29)19-20-40-32(38)34-30-15-14-25-5-1-2-6-27(25)30/h1-13,16,21,30,33,39H,14-15,17-20,22H2,(H,34,38)(H,35,37). The molecule has 1 aliphatic carbocycles. The maximum absolute atomic E-state index is 12.6. The van der Waals surface area contributed by atoms with E-state index in [0.717, 1.165) is 42.5 Å². The summed E-state index contributed by atoms with van der Waals surface area (Å²) in [5.74, 6) is -0.575. The van der Waals surface area contributed by atoms with Crippen LogP contribution in [0.4, 0.5) is 4.79 Å². The molecule has 1 unspecified atom stereocenters. The van der Waals surface area contributed by atoms with Gasteiger partial charge in [-0.1, -0.05) is 66.7 Å². The number of alkyl carbamates (subject to hydrolysis) is 1. The normalized spacial score (nSPS) is 14.5. The van der Waals surface area contributed by atoms with Gasteiger partial charge in [0, 0.05) is 42.8 Å². The van der Waals surface area contributed by atoms with Crippen LogP contribution in [-0.2, 0) is 28.9 Å². The zero-order valence-corrected chi connectivity index (χ0v) is 22.3. The van der Waals surface area contributed by atoms with Crippen molar-refractivity contribution in [2.24, 2.45) is 0 Å². The van der Waals surface area contributed by atoms with Crippen molar-refractivity contribution in [3.63, 3.8) is 0 Å².